The van der Waals surface area contributed by atoms with Gasteiger partial charge in [0, 0.05) is 4.47 Å². The monoisotopic (exact) mass is 326 g/mol. The SMILES string of the molecule is CC1=Cc2cc(-c3c(C)cc(C)cc3C)c(Br)cc2C1. The van der Waals surface area contributed by atoms with E-state index < -0.39 is 0 Å². The van der Waals surface area contributed by atoms with E-state index in [2.05, 4.69) is 74.0 Å². The van der Waals surface area contributed by atoms with Crippen LogP contribution in [-0.4, -0.2) is 0 Å². The molecule has 0 spiro atoms. The Bertz CT molecular complexity index is 713. The van der Waals surface area contributed by atoms with E-state index in [0.29, 0.717) is 0 Å². The van der Waals surface area contributed by atoms with E-state index in [1.807, 2.05) is 0 Å². The van der Waals surface area contributed by atoms with Crippen LogP contribution in [0.4, 0.5) is 0 Å². The van der Waals surface area contributed by atoms with Crippen molar-refractivity contribution in [2.75, 3.05) is 0 Å². The van der Waals surface area contributed by atoms with Crippen molar-refractivity contribution in [3.8, 4) is 11.1 Å². The molecule has 2 aromatic rings. The van der Waals surface area contributed by atoms with Crippen LogP contribution < -0.4 is 0 Å². The first kappa shape index (κ1) is 13.6. The Morgan fingerprint density at radius 3 is 2.20 bits per heavy atom. The zero-order chi connectivity index (χ0) is 14.4. The first-order chi connectivity index (χ1) is 9.45. The minimum Gasteiger partial charge on any atom is -0.0683 e. The van der Waals surface area contributed by atoms with E-state index in [-0.39, 0.29) is 0 Å². The van der Waals surface area contributed by atoms with Crippen LogP contribution >= 0.6 is 15.9 Å². The Kier molecular flexibility index (Phi) is 3.33. The van der Waals surface area contributed by atoms with Crippen molar-refractivity contribution >= 4 is 22.0 Å². The van der Waals surface area contributed by atoms with Gasteiger partial charge in [-0.2, -0.15) is 0 Å². The smallest absolute Gasteiger partial charge is 0.0257 e. The molecule has 0 radical (unpaired) electrons. The second-order valence-electron chi connectivity index (χ2n) is 5.97. The molecule has 0 saturated heterocycles. The van der Waals surface area contributed by atoms with Crippen LogP contribution in [0.25, 0.3) is 17.2 Å². The van der Waals surface area contributed by atoms with Crippen LogP contribution in [-0.2, 0) is 6.42 Å². The van der Waals surface area contributed by atoms with E-state index >= 15 is 0 Å². The van der Waals surface area contributed by atoms with Gasteiger partial charge in [0.25, 0.3) is 0 Å². The molecule has 0 bridgehead atoms. The van der Waals surface area contributed by atoms with Crippen molar-refractivity contribution in [2.24, 2.45) is 0 Å². The van der Waals surface area contributed by atoms with Crippen molar-refractivity contribution < 1.29 is 0 Å². The van der Waals surface area contributed by atoms with E-state index in [1.54, 1.807) is 0 Å². The lowest BCUT2D eigenvalue weighted by molar-refractivity contribution is 1.19. The standard InChI is InChI=1S/C19H19Br/c1-11-5-13(3)19(14(4)6-11)17-9-15-7-12(2)8-16(15)10-18(17)20/h5-7,9-10H,8H2,1-4H3. The molecule has 0 N–H and O–H groups in total. The normalized spacial score (nSPS) is 13.3. The summed E-state index contributed by atoms with van der Waals surface area (Å²) in [6.45, 7) is 8.77. The fourth-order valence-electron chi connectivity index (χ4n) is 3.33. The van der Waals surface area contributed by atoms with Crippen LogP contribution in [0.15, 0.2) is 34.3 Å². The Labute approximate surface area is 129 Å². The molecular formula is C19H19Br. The van der Waals surface area contributed by atoms with E-state index in [9.17, 15) is 0 Å². The van der Waals surface area contributed by atoms with Crippen molar-refractivity contribution in [2.45, 2.75) is 34.1 Å². The van der Waals surface area contributed by atoms with Crippen molar-refractivity contribution in [3.05, 3.63) is 62.1 Å². The summed E-state index contributed by atoms with van der Waals surface area (Å²) in [4.78, 5) is 0. The molecule has 2 aromatic carbocycles. The van der Waals surface area contributed by atoms with Crippen LogP contribution in [0, 0.1) is 20.8 Å². The maximum Gasteiger partial charge on any atom is 0.0257 e. The maximum atomic E-state index is 3.77. The molecule has 0 saturated carbocycles. The molecule has 0 atom stereocenters. The number of halogens is 1. The Hall–Kier alpha value is -1.34. The quantitative estimate of drug-likeness (QED) is 0.602. The third-order valence-corrected chi connectivity index (χ3v) is 4.70. The first-order valence-corrected chi connectivity index (χ1v) is 7.83. The summed E-state index contributed by atoms with van der Waals surface area (Å²) in [7, 11) is 0. The molecule has 3 rings (SSSR count). The predicted molar refractivity (Wildman–Crippen MR) is 91.1 cm³/mol. The van der Waals surface area contributed by atoms with Gasteiger partial charge in [-0.05, 0) is 79.6 Å². The van der Waals surface area contributed by atoms with Crippen molar-refractivity contribution in [3.63, 3.8) is 0 Å². The summed E-state index contributed by atoms with van der Waals surface area (Å²) >= 11 is 3.77. The third kappa shape index (κ3) is 2.25. The molecule has 1 aliphatic carbocycles. The van der Waals surface area contributed by atoms with Gasteiger partial charge in [0.15, 0.2) is 0 Å². The van der Waals surface area contributed by atoms with E-state index in [4.69, 9.17) is 0 Å². The van der Waals surface area contributed by atoms with Gasteiger partial charge in [-0.25, -0.2) is 0 Å². The highest BCUT2D eigenvalue weighted by atomic mass is 79.9. The summed E-state index contributed by atoms with van der Waals surface area (Å²) < 4.78 is 1.20. The summed E-state index contributed by atoms with van der Waals surface area (Å²) in [5, 5.41) is 0. The predicted octanol–water partition coefficient (Wildman–Crippen LogP) is 6.00. The van der Waals surface area contributed by atoms with Crippen LogP contribution in [0.1, 0.15) is 34.7 Å². The molecule has 0 nitrogen and oxygen atoms in total. The second-order valence-corrected chi connectivity index (χ2v) is 6.83. The van der Waals surface area contributed by atoms with Crippen LogP contribution in [0.3, 0.4) is 0 Å². The van der Waals surface area contributed by atoms with Crippen molar-refractivity contribution in [1.82, 2.24) is 0 Å². The molecule has 0 aliphatic heterocycles. The number of rotatable bonds is 1. The van der Waals surface area contributed by atoms with E-state index in [1.165, 1.54) is 49.0 Å². The number of aryl methyl sites for hydroxylation is 3. The van der Waals surface area contributed by atoms with Gasteiger partial charge in [-0.15, -0.1) is 0 Å². The van der Waals surface area contributed by atoms with Gasteiger partial charge in [-0.3, -0.25) is 0 Å². The fraction of sp³-hybridized carbons (Fsp3) is 0.263. The average molecular weight is 327 g/mol. The minimum absolute atomic E-state index is 1.08. The topological polar surface area (TPSA) is 0 Å². The summed E-state index contributed by atoms with van der Waals surface area (Å²) in [5.41, 5.74) is 11.0. The molecule has 1 aliphatic rings. The van der Waals surface area contributed by atoms with E-state index in [0.717, 1.165) is 6.42 Å². The third-order valence-electron chi connectivity index (χ3n) is 4.05. The minimum atomic E-state index is 1.08. The second kappa shape index (κ2) is 4.89. The lowest BCUT2D eigenvalue weighted by atomic mass is 9.92. The molecule has 102 valence electrons. The average Bonchev–Trinajstić information content (AvgIpc) is 2.67. The van der Waals surface area contributed by atoms with Gasteiger partial charge in [-0.1, -0.05) is 45.3 Å². The largest absolute Gasteiger partial charge is 0.0683 e. The molecule has 0 amide bonds. The number of hydrogen-bond acceptors (Lipinski definition) is 0. The molecule has 0 heterocycles. The summed E-state index contributed by atoms with van der Waals surface area (Å²) in [5.74, 6) is 0. The lowest BCUT2D eigenvalue weighted by Crippen LogP contribution is -1.93. The Morgan fingerprint density at radius 1 is 0.900 bits per heavy atom. The van der Waals surface area contributed by atoms with Crippen molar-refractivity contribution in [1.29, 1.82) is 0 Å². The first-order valence-electron chi connectivity index (χ1n) is 7.03. The molecule has 0 unspecified atom stereocenters. The van der Waals surface area contributed by atoms with Gasteiger partial charge < -0.3 is 0 Å². The lowest BCUT2D eigenvalue weighted by Gasteiger charge is -2.15. The van der Waals surface area contributed by atoms with Gasteiger partial charge in [0.05, 0.1) is 0 Å². The van der Waals surface area contributed by atoms with Gasteiger partial charge in [0.1, 0.15) is 0 Å². The highest BCUT2D eigenvalue weighted by Crippen LogP contribution is 2.38. The Morgan fingerprint density at radius 2 is 1.55 bits per heavy atom. The van der Waals surface area contributed by atoms with Crippen LogP contribution in [0.5, 0.6) is 0 Å². The fourth-order valence-corrected chi connectivity index (χ4v) is 3.92. The molecular weight excluding hydrogens is 308 g/mol. The molecule has 0 aromatic heterocycles. The van der Waals surface area contributed by atoms with Gasteiger partial charge in [0.2, 0.25) is 0 Å². The number of benzene rings is 2. The van der Waals surface area contributed by atoms with Crippen LogP contribution in [0.2, 0.25) is 0 Å². The van der Waals surface area contributed by atoms with Gasteiger partial charge >= 0.3 is 0 Å². The summed E-state index contributed by atoms with van der Waals surface area (Å²) in [6.07, 6.45) is 3.39. The highest BCUT2D eigenvalue weighted by Gasteiger charge is 2.16. The molecule has 20 heavy (non-hydrogen) atoms. The zero-order valence-electron chi connectivity index (χ0n) is 12.5. The summed E-state index contributed by atoms with van der Waals surface area (Å²) in [6, 6.07) is 9.16. The highest BCUT2D eigenvalue weighted by molar-refractivity contribution is 9.10. The zero-order valence-corrected chi connectivity index (χ0v) is 14.1. The number of fused-ring (bicyclic) bond motifs is 1. The maximum absolute atomic E-state index is 3.77. The Balaban J connectivity index is 2.24. The molecule has 0 fully saturated rings. The molecule has 1 heteroatoms. The number of allylic oxidation sites excluding steroid dienone is 1. The number of hydrogen-bond donors (Lipinski definition) is 0.